The fourth-order valence-electron chi connectivity index (χ4n) is 4.78. The van der Waals surface area contributed by atoms with Crippen LogP contribution < -0.4 is 10.2 Å². The fraction of sp³-hybridized carbons (Fsp3) is 0.542. The Morgan fingerprint density at radius 3 is 2.62 bits per heavy atom. The number of anilines is 2. The van der Waals surface area contributed by atoms with Crippen LogP contribution in [0.3, 0.4) is 0 Å². The van der Waals surface area contributed by atoms with E-state index >= 15 is 0 Å². The molecule has 8 nitrogen and oxygen atoms in total. The molecule has 0 unspecified atom stereocenters. The zero-order chi connectivity index (χ0) is 22.6. The number of hydrogen-bond acceptors (Lipinski definition) is 7. The minimum absolute atomic E-state index is 0.0669. The zero-order valence-corrected chi connectivity index (χ0v) is 19.1. The van der Waals surface area contributed by atoms with Gasteiger partial charge in [-0.3, -0.25) is 9.69 Å². The summed E-state index contributed by atoms with van der Waals surface area (Å²) in [4.78, 5) is 27.7. The van der Waals surface area contributed by atoms with Crippen molar-refractivity contribution in [3.63, 3.8) is 0 Å². The van der Waals surface area contributed by atoms with E-state index in [9.17, 15) is 9.90 Å². The summed E-state index contributed by atoms with van der Waals surface area (Å²) in [6.07, 6.45) is 5.56. The molecule has 32 heavy (non-hydrogen) atoms. The van der Waals surface area contributed by atoms with Crippen LogP contribution in [-0.2, 0) is 6.54 Å². The first kappa shape index (κ1) is 22.5. The summed E-state index contributed by atoms with van der Waals surface area (Å²) in [6.45, 7) is 4.78. The van der Waals surface area contributed by atoms with Gasteiger partial charge in [0.2, 0.25) is 0 Å². The molecule has 0 bridgehead atoms. The lowest BCUT2D eigenvalue weighted by atomic mass is 9.92. The molecule has 2 saturated heterocycles. The van der Waals surface area contributed by atoms with Gasteiger partial charge < -0.3 is 20.2 Å². The molecule has 2 aromatic rings. The van der Waals surface area contributed by atoms with Crippen molar-refractivity contribution in [2.45, 2.75) is 37.8 Å². The molecule has 172 valence electrons. The normalized spacial score (nSPS) is 21.5. The smallest absolute Gasteiger partial charge is 0.253 e. The fourth-order valence-corrected chi connectivity index (χ4v) is 4.78. The molecule has 1 amide bonds. The number of likely N-dealkylation sites (tertiary alicyclic amines) is 1. The zero-order valence-electron chi connectivity index (χ0n) is 19.1. The van der Waals surface area contributed by atoms with E-state index in [2.05, 4.69) is 25.1 Å². The second-order valence-electron chi connectivity index (χ2n) is 9.10. The quantitative estimate of drug-likeness (QED) is 0.686. The number of carbonyl (C=O) groups is 1. The number of nitrogens with zero attached hydrogens (tertiary/aromatic N) is 5. The molecule has 2 aliphatic rings. The van der Waals surface area contributed by atoms with Gasteiger partial charge in [0.05, 0.1) is 12.1 Å². The highest BCUT2D eigenvalue weighted by atomic mass is 16.3. The van der Waals surface area contributed by atoms with Crippen molar-refractivity contribution in [2.24, 2.45) is 0 Å². The van der Waals surface area contributed by atoms with Gasteiger partial charge in [-0.1, -0.05) is 12.1 Å². The van der Waals surface area contributed by atoms with Gasteiger partial charge in [0.25, 0.3) is 5.91 Å². The van der Waals surface area contributed by atoms with Crippen LogP contribution in [0.5, 0.6) is 0 Å². The lowest BCUT2D eigenvalue weighted by Crippen LogP contribution is -2.54. The predicted molar refractivity (Wildman–Crippen MR) is 126 cm³/mol. The molecule has 1 atom stereocenters. The maximum Gasteiger partial charge on any atom is 0.253 e. The van der Waals surface area contributed by atoms with E-state index in [1.807, 2.05) is 37.4 Å². The van der Waals surface area contributed by atoms with Crippen LogP contribution in [0.25, 0.3) is 0 Å². The lowest BCUT2D eigenvalue weighted by Gasteiger charge is -2.41. The number of rotatable bonds is 7. The number of piperidine rings is 1. The Morgan fingerprint density at radius 2 is 1.91 bits per heavy atom. The number of aromatic nitrogens is 2. The van der Waals surface area contributed by atoms with Crippen LogP contribution in [0.1, 0.15) is 41.6 Å². The molecular weight excluding hydrogens is 404 g/mol. The van der Waals surface area contributed by atoms with Gasteiger partial charge in [0.1, 0.15) is 18.0 Å². The molecular formula is C24H34N6O2. The van der Waals surface area contributed by atoms with Gasteiger partial charge in [-0.05, 0) is 56.5 Å². The molecule has 0 spiro atoms. The maximum atomic E-state index is 13.0. The molecule has 3 heterocycles. The van der Waals surface area contributed by atoms with E-state index in [1.165, 1.54) is 24.7 Å². The molecule has 0 saturated carbocycles. The highest BCUT2D eigenvalue weighted by Gasteiger charge is 2.36. The standard InChI is InChI=1S/C24H34N6O2/c1-25-21-14-22(27-18-26-21)30-13-5-10-24(32,17-30)16-28(2)23(31)20-8-6-19(7-9-20)15-29-11-3-4-12-29/h6-9,14,18,32H,3-5,10-13,15-17H2,1-2H3,(H,25,26,27)/t24-/m1/s1. The molecule has 0 aliphatic carbocycles. The van der Waals surface area contributed by atoms with Crippen molar-refractivity contribution in [3.8, 4) is 0 Å². The topological polar surface area (TPSA) is 84.8 Å². The van der Waals surface area contributed by atoms with Gasteiger partial charge >= 0.3 is 0 Å². The summed E-state index contributed by atoms with van der Waals surface area (Å²) in [5, 5.41) is 14.3. The Hall–Kier alpha value is -2.71. The third kappa shape index (κ3) is 5.37. The molecule has 0 radical (unpaired) electrons. The number of likely N-dealkylation sites (N-methyl/N-ethyl adjacent to an activating group) is 1. The first-order valence-electron chi connectivity index (χ1n) is 11.5. The van der Waals surface area contributed by atoms with Gasteiger partial charge in [0.15, 0.2) is 0 Å². The molecule has 2 N–H and O–H groups in total. The third-order valence-corrected chi connectivity index (χ3v) is 6.47. The molecule has 1 aromatic heterocycles. The van der Waals surface area contributed by atoms with Crippen molar-refractivity contribution in [2.75, 3.05) is 57.0 Å². The van der Waals surface area contributed by atoms with Crippen LogP contribution >= 0.6 is 0 Å². The molecule has 8 heteroatoms. The summed E-state index contributed by atoms with van der Waals surface area (Å²) in [7, 11) is 3.58. The maximum absolute atomic E-state index is 13.0. The Labute approximate surface area is 190 Å². The van der Waals surface area contributed by atoms with Crippen molar-refractivity contribution in [3.05, 3.63) is 47.8 Å². The van der Waals surface area contributed by atoms with E-state index in [4.69, 9.17) is 0 Å². The Bertz CT molecular complexity index is 915. The largest absolute Gasteiger partial charge is 0.386 e. The van der Waals surface area contributed by atoms with E-state index < -0.39 is 5.60 Å². The minimum atomic E-state index is -0.983. The monoisotopic (exact) mass is 438 g/mol. The van der Waals surface area contributed by atoms with Crippen molar-refractivity contribution >= 4 is 17.5 Å². The average molecular weight is 439 g/mol. The van der Waals surface area contributed by atoms with Crippen LogP contribution in [-0.4, -0.2) is 83.2 Å². The van der Waals surface area contributed by atoms with Gasteiger partial charge in [-0.2, -0.15) is 0 Å². The van der Waals surface area contributed by atoms with Gasteiger partial charge in [-0.15, -0.1) is 0 Å². The van der Waals surface area contributed by atoms with E-state index in [0.717, 1.165) is 44.2 Å². The predicted octanol–water partition coefficient (Wildman–Crippen LogP) is 2.22. The van der Waals surface area contributed by atoms with Crippen LogP contribution in [0.4, 0.5) is 11.6 Å². The number of aliphatic hydroxyl groups is 1. The highest BCUT2D eigenvalue weighted by Crippen LogP contribution is 2.27. The molecule has 4 rings (SSSR count). The van der Waals surface area contributed by atoms with Crippen molar-refractivity contribution < 1.29 is 9.90 Å². The first-order valence-corrected chi connectivity index (χ1v) is 11.5. The van der Waals surface area contributed by atoms with E-state index in [1.54, 1.807) is 11.9 Å². The van der Waals surface area contributed by atoms with Crippen LogP contribution in [0, 0.1) is 0 Å². The summed E-state index contributed by atoms with van der Waals surface area (Å²) in [6, 6.07) is 9.78. The van der Waals surface area contributed by atoms with E-state index in [-0.39, 0.29) is 12.5 Å². The Morgan fingerprint density at radius 1 is 1.16 bits per heavy atom. The average Bonchev–Trinajstić information content (AvgIpc) is 3.32. The van der Waals surface area contributed by atoms with Gasteiger partial charge in [0, 0.05) is 45.4 Å². The third-order valence-electron chi connectivity index (χ3n) is 6.47. The molecule has 2 fully saturated rings. The van der Waals surface area contributed by atoms with Crippen LogP contribution in [0.2, 0.25) is 0 Å². The Balaban J connectivity index is 1.37. The van der Waals surface area contributed by atoms with Gasteiger partial charge in [-0.25, -0.2) is 9.97 Å². The van der Waals surface area contributed by atoms with Crippen molar-refractivity contribution in [1.29, 1.82) is 0 Å². The number of carbonyl (C=O) groups excluding carboxylic acids is 1. The number of benzene rings is 1. The summed E-state index contributed by atoms with van der Waals surface area (Å²) < 4.78 is 0. The number of hydrogen-bond donors (Lipinski definition) is 2. The summed E-state index contributed by atoms with van der Waals surface area (Å²) >= 11 is 0. The number of nitrogens with one attached hydrogen (secondary N) is 1. The molecule has 2 aliphatic heterocycles. The Kier molecular flexibility index (Phi) is 6.91. The second kappa shape index (κ2) is 9.83. The summed E-state index contributed by atoms with van der Waals surface area (Å²) in [5.74, 6) is 1.46. The minimum Gasteiger partial charge on any atom is -0.386 e. The number of amides is 1. The van der Waals surface area contributed by atoms with Crippen molar-refractivity contribution in [1.82, 2.24) is 19.8 Å². The first-order chi connectivity index (χ1) is 15.5. The lowest BCUT2D eigenvalue weighted by molar-refractivity contribution is -0.000136. The highest BCUT2D eigenvalue weighted by molar-refractivity contribution is 5.94. The van der Waals surface area contributed by atoms with E-state index in [0.29, 0.717) is 18.5 Å². The van der Waals surface area contributed by atoms with Crippen LogP contribution in [0.15, 0.2) is 36.7 Å². The molecule has 1 aromatic carbocycles. The summed E-state index contributed by atoms with van der Waals surface area (Å²) in [5.41, 5.74) is 0.908. The SMILES string of the molecule is CNc1cc(N2CCC[C@@](O)(CN(C)C(=O)c3ccc(CN4CCCC4)cc3)C2)ncn1. The second-order valence-corrected chi connectivity index (χ2v) is 9.10. The number of β-amino-alcohol motifs (C(OH)–C–C–N with tert-alkyl or cyclic N) is 1.